The number of hydrogen-bond donors (Lipinski definition) is 3. The smallest absolute Gasteiger partial charge is 0.306 e. The molecule has 6 heteroatoms. The van der Waals surface area contributed by atoms with Gasteiger partial charge in [0.15, 0.2) is 5.79 Å². The topological polar surface area (TPSA) is 96.2 Å². The van der Waals surface area contributed by atoms with Crippen molar-refractivity contribution in [3.63, 3.8) is 0 Å². The molecule has 172 valence electrons. The molecule has 0 aromatic rings. The molecule has 0 unspecified atom stereocenters. The summed E-state index contributed by atoms with van der Waals surface area (Å²) in [5, 5.41) is 31.3. The van der Waals surface area contributed by atoms with Gasteiger partial charge in [-0.05, 0) is 67.8 Å². The van der Waals surface area contributed by atoms with Crippen molar-refractivity contribution in [3.05, 3.63) is 23.8 Å². The molecule has 0 radical (unpaired) electrons. The van der Waals surface area contributed by atoms with E-state index in [0.717, 1.165) is 44.9 Å². The normalized spacial score (nSPS) is 44.2. The molecule has 0 aromatic carbocycles. The second-order valence-electron chi connectivity index (χ2n) is 10.9. The third-order valence-corrected chi connectivity index (χ3v) is 9.71. The number of carbonyl (C=O) groups is 1. The number of hydrogen-bond acceptors (Lipinski definition) is 5. The van der Waals surface area contributed by atoms with Crippen molar-refractivity contribution in [1.29, 1.82) is 0 Å². The molecule has 5 aliphatic rings. The summed E-state index contributed by atoms with van der Waals surface area (Å²) in [6, 6.07) is 0. The Hall–Kier alpha value is -1.21. The summed E-state index contributed by atoms with van der Waals surface area (Å²) in [7, 11) is 0. The van der Waals surface area contributed by atoms with Gasteiger partial charge in [0.25, 0.3) is 0 Å². The number of aliphatic hydroxyl groups excluding tert-OH is 1. The van der Waals surface area contributed by atoms with Crippen LogP contribution in [-0.2, 0) is 14.3 Å². The van der Waals surface area contributed by atoms with Crippen molar-refractivity contribution in [1.82, 2.24) is 0 Å². The standard InChI is InChI=1S/C25H36O6/c1-15(21(26)13-22(27)28)25(29)10-7-20-19-4-3-16-14-24(30-11-12-31-24)9-6-17(16)18(19)5-8-23(20,25)2/h3,17-21,26,29H,1,4-14H2,2H3,(H,27,28)/t17-,18+,19+,20-,21-,23-,25+/m0/s1. The maximum absolute atomic E-state index is 11.8. The van der Waals surface area contributed by atoms with E-state index in [2.05, 4.69) is 19.6 Å². The van der Waals surface area contributed by atoms with E-state index in [0.29, 0.717) is 48.9 Å². The van der Waals surface area contributed by atoms with E-state index in [4.69, 9.17) is 14.6 Å². The number of fused-ring (bicyclic) bond motifs is 5. The van der Waals surface area contributed by atoms with Crippen LogP contribution in [0, 0.1) is 29.1 Å². The molecular weight excluding hydrogens is 396 g/mol. The summed E-state index contributed by atoms with van der Waals surface area (Å²) in [6.07, 6.45) is 8.18. The molecule has 3 saturated carbocycles. The Bertz CT molecular complexity index is 798. The molecule has 3 N–H and O–H groups in total. The van der Waals surface area contributed by atoms with Gasteiger partial charge in [-0.2, -0.15) is 0 Å². The summed E-state index contributed by atoms with van der Waals surface area (Å²) in [6.45, 7) is 7.54. The lowest BCUT2D eigenvalue weighted by atomic mass is 9.50. The van der Waals surface area contributed by atoms with Gasteiger partial charge in [0.05, 0.1) is 31.3 Å². The molecule has 4 fully saturated rings. The van der Waals surface area contributed by atoms with E-state index in [1.165, 1.54) is 5.57 Å². The summed E-state index contributed by atoms with van der Waals surface area (Å²) in [5.41, 5.74) is 0.223. The van der Waals surface area contributed by atoms with E-state index >= 15 is 0 Å². The molecule has 31 heavy (non-hydrogen) atoms. The first-order valence-electron chi connectivity index (χ1n) is 12.0. The van der Waals surface area contributed by atoms with E-state index in [-0.39, 0.29) is 11.2 Å². The number of carboxylic acid groups (broad SMARTS) is 1. The minimum Gasteiger partial charge on any atom is -0.481 e. The lowest BCUT2D eigenvalue weighted by molar-refractivity contribution is -0.177. The average Bonchev–Trinajstić information content (AvgIpc) is 3.29. The van der Waals surface area contributed by atoms with Crippen molar-refractivity contribution in [2.45, 2.75) is 82.2 Å². The lowest BCUT2D eigenvalue weighted by Crippen LogP contribution is -2.55. The summed E-state index contributed by atoms with van der Waals surface area (Å²) in [4.78, 5) is 11.1. The third-order valence-electron chi connectivity index (χ3n) is 9.71. The fourth-order valence-electron chi connectivity index (χ4n) is 8.10. The number of allylic oxidation sites excluding steroid dienone is 1. The summed E-state index contributed by atoms with van der Waals surface area (Å²) < 4.78 is 12.0. The van der Waals surface area contributed by atoms with Crippen molar-refractivity contribution >= 4 is 5.97 Å². The lowest BCUT2D eigenvalue weighted by Gasteiger charge is -2.56. The largest absolute Gasteiger partial charge is 0.481 e. The highest BCUT2D eigenvalue weighted by molar-refractivity contribution is 5.68. The Kier molecular flexibility index (Phi) is 5.17. The van der Waals surface area contributed by atoms with Crippen molar-refractivity contribution in [2.24, 2.45) is 29.1 Å². The quantitative estimate of drug-likeness (QED) is 0.589. The van der Waals surface area contributed by atoms with Gasteiger partial charge in [-0.25, -0.2) is 0 Å². The van der Waals surface area contributed by atoms with Gasteiger partial charge in [-0.3, -0.25) is 4.79 Å². The first kappa shape index (κ1) is 21.6. The molecule has 6 nitrogen and oxygen atoms in total. The molecule has 1 saturated heterocycles. The van der Waals surface area contributed by atoms with Gasteiger partial charge in [0.1, 0.15) is 0 Å². The Balaban J connectivity index is 1.37. The van der Waals surface area contributed by atoms with Crippen molar-refractivity contribution in [2.75, 3.05) is 13.2 Å². The van der Waals surface area contributed by atoms with Crippen LogP contribution < -0.4 is 0 Å². The average molecular weight is 433 g/mol. The van der Waals surface area contributed by atoms with Crippen LogP contribution >= 0.6 is 0 Å². The highest BCUT2D eigenvalue weighted by Crippen LogP contribution is 2.66. The van der Waals surface area contributed by atoms with Crippen LogP contribution in [0.15, 0.2) is 23.8 Å². The van der Waals surface area contributed by atoms with E-state index in [1.54, 1.807) is 0 Å². The zero-order valence-electron chi connectivity index (χ0n) is 18.5. The van der Waals surface area contributed by atoms with Crippen LogP contribution in [0.2, 0.25) is 0 Å². The second kappa shape index (κ2) is 7.41. The molecule has 0 aromatic heterocycles. The minimum absolute atomic E-state index is 0.292. The third kappa shape index (κ3) is 3.17. The molecule has 4 aliphatic carbocycles. The van der Waals surface area contributed by atoms with Crippen LogP contribution in [0.5, 0.6) is 0 Å². The fourth-order valence-corrected chi connectivity index (χ4v) is 8.10. The molecule has 0 bridgehead atoms. The Labute approximate surface area is 184 Å². The molecule has 1 spiro atoms. The zero-order chi connectivity index (χ0) is 22.0. The van der Waals surface area contributed by atoms with Crippen molar-refractivity contribution in [3.8, 4) is 0 Å². The number of aliphatic hydroxyl groups is 2. The predicted molar refractivity (Wildman–Crippen MR) is 114 cm³/mol. The molecular formula is C25H36O6. The second-order valence-corrected chi connectivity index (χ2v) is 10.9. The highest BCUT2D eigenvalue weighted by Gasteiger charge is 2.64. The van der Waals surface area contributed by atoms with Gasteiger partial charge in [0.2, 0.25) is 0 Å². The fraction of sp³-hybridized carbons (Fsp3) is 0.800. The van der Waals surface area contributed by atoms with E-state index < -0.39 is 24.1 Å². The summed E-state index contributed by atoms with van der Waals surface area (Å²) >= 11 is 0. The molecule has 7 atom stereocenters. The van der Waals surface area contributed by atoms with Crippen LogP contribution in [0.1, 0.15) is 64.7 Å². The maximum Gasteiger partial charge on any atom is 0.306 e. The number of rotatable bonds is 4. The predicted octanol–water partition coefficient (Wildman–Crippen LogP) is 3.43. The van der Waals surface area contributed by atoms with Gasteiger partial charge < -0.3 is 24.8 Å². The minimum atomic E-state index is -1.21. The van der Waals surface area contributed by atoms with Crippen molar-refractivity contribution < 1.29 is 29.6 Å². The molecule has 5 rings (SSSR count). The van der Waals surface area contributed by atoms with E-state index in [9.17, 15) is 15.0 Å². The number of aliphatic carboxylic acids is 1. The van der Waals surface area contributed by atoms with Crippen LogP contribution in [0.25, 0.3) is 0 Å². The Morgan fingerprint density at radius 3 is 2.65 bits per heavy atom. The van der Waals surface area contributed by atoms with E-state index in [1.807, 2.05) is 0 Å². The Morgan fingerprint density at radius 1 is 1.19 bits per heavy atom. The Morgan fingerprint density at radius 2 is 1.94 bits per heavy atom. The van der Waals surface area contributed by atoms with Crippen LogP contribution in [0.4, 0.5) is 0 Å². The summed E-state index contributed by atoms with van der Waals surface area (Å²) in [5.74, 6) is 0.621. The first-order chi connectivity index (χ1) is 14.7. The number of carboxylic acids is 1. The number of ether oxygens (including phenoxy) is 2. The first-order valence-corrected chi connectivity index (χ1v) is 12.0. The van der Waals surface area contributed by atoms with Gasteiger partial charge in [-0.15, -0.1) is 0 Å². The molecule has 0 amide bonds. The van der Waals surface area contributed by atoms with Gasteiger partial charge in [0, 0.05) is 18.3 Å². The zero-order valence-corrected chi connectivity index (χ0v) is 18.5. The van der Waals surface area contributed by atoms with Crippen LogP contribution in [-0.4, -0.2) is 52.0 Å². The molecule has 1 aliphatic heterocycles. The highest BCUT2D eigenvalue weighted by atomic mass is 16.7. The molecule has 1 heterocycles. The SMILES string of the molecule is C=C([C@@H](O)CC(=O)O)[C@]1(O)CC[C@H]2[C@@H]3CC=C4CC5(CC[C@@H]4[C@H]3CC[C@@]21C)OCCO5. The maximum atomic E-state index is 11.8. The van der Waals surface area contributed by atoms with Gasteiger partial charge >= 0.3 is 5.97 Å². The van der Waals surface area contributed by atoms with Crippen LogP contribution in [0.3, 0.4) is 0 Å². The van der Waals surface area contributed by atoms with Gasteiger partial charge in [-0.1, -0.05) is 25.2 Å². The monoisotopic (exact) mass is 432 g/mol.